The molecule has 2 aromatic rings. The molecule has 2 aromatic carbocycles. The van der Waals surface area contributed by atoms with Crippen LogP contribution in [0.25, 0.3) is 0 Å². The van der Waals surface area contributed by atoms with E-state index in [-0.39, 0.29) is 30.2 Å². The van der Waals surface area contributed by atoms with Gasteiger partial charge in [0, 0.05) is 0 Å². The summed E-state index contributed by atoms with van der Waals surface area (Å²) in [7, 11) is -2.44. The fraction of sp³-hybridized carbons (Fsp3) is 0.261. The quantitative estimate of drug-likeness (QED) is 0.163. The van der Waals surface area contributed by atoms with E-state index in [0.717, 1.165) is 5.56 Å². The van der Waals surface area contributed by atoms with Gasteiger partial charge in [0.15, 0.2) is 0 Å². The molecule has 0 N–H and O–H groups in total. The molecule has 0 aromatic heterocycles. The first-order valence-electron chi connectivity index (χ1n) is 9.33. The third-order valence-electron chi connectivity index (χ3n) is 2.77. The van der Waals surface area contributed by atoms with Gasteiger partial charge < -0.3 is 56.3 Å². The molecule has 206 valence electrons. The molecule has 1 aliphatic heterocycles. The van der Waals surface area contributed by atoms with Crippen LogP contribution < -0.4 is 4.70 Å². The molecule has 0 saturated heterocycles. The van der Waals surface area contributed by atoms with Gasteiger partial charge in [-0.3, -0.25) is 4.99 Å². The van der Waals surface area contributed by atoms with Crippen LogP contribution in [0.5, 0.6) is 0 Å². The van der Waals surface area contributed by atoms with Crippen LogP contribution in [-0.2, 0) is 24.2 Å². The summed E-state index contributed by atoms with van der Waals surface area (Å²) in [4.78, 5) is 16.6. The van der Waals surface area contributed by atoms with Crippen molar-refractivity contribution in [3.63, 3.8) is 0 Å². The summed E-state index contributed by atoms with van der Waals surface area (Å²) < 4.78 is 54.8. The predicted octanol–water partition coefficient (Wildman–Crippen LogP) is 3.74. The minimum absolute atomic E-state index is 0. The first-order chi connectivity index (χ1) is 16.3. The number of hydrogen-bond acceptors (Lipinski definition) is 6. The van der Waals surface area contributed by atoms with E-state index in [2.05, 4.69) is 70.0 Å². The molecule has 0 bridgehead atoms. The van der Waals surface area contributed by atoms with Crippen molar-refractivity contribution in [2.75, 3.05) is 34.8 Å². The zero-order chi connectivity index (χ0) is 27.8. The standard InChI is InChI=1S/C15H12NO.4C2H4N.F5P.FH.Ru/c1-3-7-12(8-4-1)14-11-17-15(16-14)13-9-5-2-6-10-13;4*1-3-2;1-6(2,3,4)5;;/h1-9,14H,11H2;4*1H,2H3;;1H;/q5*-1;;;+6/p-1/t14-;;;;;;;/m1......./s1. The largest absolute Gasteiger partial charge is 6.00 e. The summed E-state index contributed by atoms with van der Waals surface area (Å²) in [6.45, 7) is 18.5. The fourth-order valence-corrected chi connectivity index (χ4v) is 1.89. The Balaban J connectivity index is -0.000000144. The Hall–Kier alpha value is -2.78. The van der Waals surface area contributed by atoms with Gasteiger partial charge in [-0.05, 0) is 33.8 Å². The van der Waals surface area contributed by atoms with E-state index in [4.69, 9.17) is 4.74 Å². The van der Waals surface area contributed by atoms with Crippen molar-refractivity contribution in [1.82, 2.24) is 0 Å². The van der Waals surface area contributed by atoms with E-state index < -0.39 is 8.16 Å². The van der Waals surface area contributed by atoms with Gasteiger partial charge in [0.1, 0.15) is 18.5 Å². The minimum atomic E-state index is -8.55. The van der Waals surface area contributed by atoms with Gasteiger partial charge in [-0.15, -0.1) is 30.3 Å². The van der Waals surface area contributed by atoms with Crippen LogP contribution in [-0.4, -0.2) is 67.6 Å². The third-order valence-corrected chi connectivity index (χ3v) is 2.77. The monoisotopic (exact) mass is 637 g/mol. The number of halogens is 6. The van der Waals surface area contributed by atoms with Crippen LogP contribution in [0.3, 0.4) is 0 Å². The summed E-state index contributed by atoms with van der Waals surface area (Å²) >= 11 is 0. The molecule has 6 nitrogen and oxygen atoms in total. The van der Waals surface area contributed by atoms with Gasteiger partial charge in [-0.2, -0.15) is 0 Å². The third kappa shape index (κ3) is 35.5. The van der Waals surface area contributed by atoms with E-state index in [9.17, 15) is 21.0 Å². The molecule has 0 fully saturated rings. The second-order valence-corrected chi connectivity index (χ2v) is 6.90. The van der Waals surface area contributed by atoms with Gasteiger partial charge >= 0.3 is 48.6 Å². The molecule has 37 heavy (non-hydrogen) atoms. The molecule has 1 atom stereocenters. The van der Waals surface area contributed by atoms with Crippen molar-refractivity contribution in [3.05, 3.63) is 71.8 Å². The summed E-state index contributed by atoms with van der Waals surface area (Å²) in [5.74, 6) is 0.694. The van der Waals surface area contributed by atoms with Crippen LogP contribution in [0.2, 0.25) is 0 Å². The SMILES string of the molecule is FP(F)(F)(F)F.[CH-]=NC.[CH-]=NC.[CH-]=NC.[CH-]=NC.[F-].[Ru+6].[c-]1ccccc1C1=N[C@@H](c2ccccc2)CO1. The first-order valence-corrected chi connectivity index (χ1v) is 11.0. The average Bonchev–Trinajstić information content (AvgIpc) is 3.26. The van der Waals surface area contributed by atoms with Gasteiger partial charge in [0.05, 0.1) is 0 Å². The number of rotatable bonds is 2. The normalized spacial score (nSPS) is 13.1. The molecule has 14 heteroatoms. The van der Waals surface area contributed by atoms with E-state index in [1.807, 2.05) is 42.5 Å². The Bertz CT molecular complexity index is 829. The minimum Gasteiger partial charge on any atom is -1.00 e. The van der Waals surface area contributed by atoms with Crippen molar-refractivity contribution in [3.8, 4) is 0 Å². The van der Waals surface area contributed by atoms with Crippen LogP contribution in [0.15, 0.2) is 79.6 Å². The van der Waals surface area contributed by atoms with Crippen molar-refractivity contribution in [1.29, 1.82) is 0 Å². The maximum Gasteiger partial charge on any atom is 6.00 e. The average molecular weight is 637 g/mol. The van der Waals surface area contributed by atoms with E-state index in [1.54, 1.807) is 0 Å². The van der Waals surface area contributed by atoms with Crippen molar-refractivity contribution in [2.45, 2.75) is 6.04 Å². The van der Waals surface area contributed by atoms with Gasteiger partial charge in [0.2, 0.25) is 0 Å². The van der Waals surface area contributed by atoms with Crippen molar-refractivity contribution < 1.29 is 49.9 Å². The Morgan fingerprint density at radius 1 is 0.811 bits per heavy atom. The predicted molar refractivity (Wildman–Crippen MR) is 137 cm³/mol. The molecule has 1 heterocycles. The molecule has 0 unspecified atom stereocenters. The molecule has 0 aliphatic carbocycles. The van der Waals surface area contributed by atoms with Crippen LogP contribution >= 0.6 is 8.16 Å². The summed E-state index contributed by atoms with van der Waals surface area (Å²) in [6, 6.07) is 21.2. The van der Waals surface area contributed by atoms with E-state index in [0.29, 0.717) is 12.5 Å². The second kappa shape index (κ2) is 26.3. The van der Waals surface area contributed by atoms with E-state index in [1.165, 1.54) is 33.8 Å². The zero-order valence-electron chi connectivity index (χ0n) is 20.5. The zero-order valence-corrected chi connectivity index (χ0v) is 23.1. The van der Waals surface area contributed by atoms with Crippen LogP contribution in [0.4, 0.5) is 21.0 Å². The second-order valence-electron chi connectivity index (χ2n) is 5.62. The van der Waals surface area contributed by atoms with Gasteiger partial charge in [0.25, 0.3) is 0 Å². The molecular formula is C23H28F6N5OPRu. The fourth-order valence-electron chi connectivity index (χ4n) is 1.89. The number of aliphatic imine (C=N–C) groups is 5. The smallest absolute Gasteiger partial charge is 1.00 e. The number of nitrogens with zero attached hydrogens (tertiary/aromatic N) is 5. The van der Waals surface area contributed by atoms with Gasteiger partial charge in [-0.1, -0.05) is 35.9 Å². The van der Waals surface area contributed by atoms with E-state index >= 15 is 0 Å². The summed E-state index contributed by atoms with van der Waals surface area (Å²) in [5.41, 5.74) is 2.12. The van der Waals surface area contributed by atoms with Crippen LogP contribution in [0, 0.1) is 6.07 Å². The molecule has 0 saturated carbocycles. The molecule has 0 spiro atoms. The summed E-state index contributed by atoms with van der Waals surface area (Å²) in [5, 5.41) is 0. The first kappa shape index (κ1) is 44.2. The number of hydrogen-bond donors (Lipinski definition) is 0. The number of benzene rings is 2. The maximum atomic E-state index is 9.84. The topological polar surface area (TPSA) is 71.0 Å². The Kier molecular flexibility index (Phi) is 31.4. The maximum absolute atomic E-state index is 9.84. The summed E-state index contributed by atoms with van der Waals surface area (Å²) in [6.07, 6.45) is 0. The molecular weight excluding hydrogens is 608 g/mol. The molecule has 3 rings (SSSR count). The Labute approximate surface area is 228 Å². The molecule has 0 amide bonds. The van der Waals surface area contributed by atoms with Crippen molar-refractivity contribution in [2.24, 2.45) is 25.0 Å². The number of ether oxygens (including phenoxy) is 1. The Morgan fingerprint density at radius 2 is 1.19 bits per heavy atom. The van der Waals surface area contributed by atoms with Crippen LogP contribution in [0.1, 0.15) is 17.2 Å². The molecule has 0 radical (unpaired) electrons. The van der Waals surface area contributed by atoms with Gasteiger partial charge in [-0.25, -0.2) is 0 Å². The Morgan fingerprint density at radius 3 is 1.54 bits per heavy atom. The molecule has 1 aliphatic rings. The van der Waals surface area contributed by atoms with Crippen molar-refractivity contribution >= 4 is 40.9 Å².